The maximum atomic E-state index is 5.56. The summed E-state index contributed by atoms with van der Waals surface area (Å²) in [7, 11) is 0. The molecule has 0 bridgehead atoms. The van der Waals surface area contributed by atoms with Gasteiger partial charge in [0.25, 0.3) is 0 Å². The molecule has 0 aliphatic heterocycles. The van der Waals surface area contributed by atoms with Crippen molar-refractivity contribution in [1.82, 2.24) is 0 Å². The summed E-state index contributed by atoms with van der Waals surface area (Å²) in [4.78, 5) is 0. The van der Waals surface area contributed by atoms with Crippen LogP contribution in [0.15, 0.2) is 22.0 Å². The molecular weight excluding hydrogens is 171 g/mol. The zero-order valence-corrected chi connectivity index (χ0v) is 7.21. The second kappa shape index (κ2) is 4.47. The monoisotopic (exact) mass is 180 g/mol. The molecule has 2 nitrogen and oxygen atoms in total. The molecular formula is C6H10Cl2N2. The molecule has 0 aliphatic carbocycles. The van der Waals surface area contributed by atoms with E-state index in [4.69, 9.17) is 34.7 Å². The number of rotatable bonds is 2. The summed E-state index contributed by atoms with van der Waals surface area (Å²) in [5, 5.41) is 0.360. The minimum atomic E-state index is 0.0677. The molecule has 0 heterocycles. The van der Waals surface area contributed by atoms with E-state index < -0.39 is 0 Å². The van der Waals surface area contributed by atoms with Gasteiger partial charge in [-0.15, -0.1) is 0 Å². The van der Waals surface area contributed by atoms with Gasteiger partial charge in [0.05, 0.1) is 5.03 Å². The molecule has 10 heavy (non-hydrogen) atoms. The highest BCUT2D eigenvalue weighted by Gasteiger charge is 1.93. The third-order valence-electron chi connectivity index (χ3n) is 0.949. The second-order valence-electron chi connectivity index (χ2n) is 1.77. The first-order valence-corrected chi connectivity index (χ1v) is 3.60. The molecule has 0 atom stereocenters. The zero-order valence-electron chi connectivity index (χ0n) is 5.70. The highest BCUT2D eigenvalue weighted by atomic mass is 35.5. The van der Waals surface area contributed by atoms with E-state index in [-0.39, 0.29) is 5.16 Å². The van der Waals surface area contributed by atoms with Gasteiger partial charge in [0.15, 0.2) is 0 Å². The molecule has 0 aliphatic rings. The van der Waals surface area contributed by atoms with E-state index in [1.165, 1.54) is 0 Å². The van der Waals surface area contributed by atoms with E-state index in [1.807, 2.05) is 6.92 Å². The summed E-state index contributed by atoms with van der Waals surface area (Å²) in [6.07, 6.45) is 2.28. The van der Waals surface area contributed by atoms with Crippen LogP contribution in [0.1, 0.15) is 13.3 Å². The largest absolute Gasteiger partial charge is 0.402 e. The number of hydrogen-bond donors (Lipinski definition) is 2. The fourth-order valence-corrected chi connectivity index (χ4v) is 0.528. The fraction of sp³-hybridized carbons (Fsp3) is 0.333. The van der Waals surface area contributed by atoms with E-state index in [0.29, 0.717) is 10.7 Å². The normalized spacial score (nSPS) is 14.9. The third kappa shape index (κ3) is 3.64. The molecule has 0 radical (unpaired) electrons. The van der Waals surface area contributed by atoms with Crippen molar-refractivity contribution in [3.05, 3.63) is 22.0 Å². The average molecular weight is 181 g/mol. The standard InChI is InChI=1S/C6H10Cl2N2/c1-2-4(9)3-5(7)6(8)10/h3H,2,9-10H2,1H3/b4-3-,6-5+. The molecule has 0 aromatic heterocycles. The second-order valence-corrected chi connectivity index (χ2v) is 2.58. The van der Waals surface area contributed by atoms with Gasteiger partial charge in [-0.1, -0.05) is 30.1 Å². The molecule has 0 aromatic rings. The summed E-state index contributed by atoms with van der Waals surface area (Å²) >= 11 is 10.9. The van der Waals surface area contributed by atoms with Gasteiger partial charge in [0.1, 0.15) is 5.16 Å². The van der Waals surface area contributed by atoms with Gasteiger partial charge in [-0.2, -0.15) is 0 Å². The molecule has 0 amide bonds. The van der Waals surface area contributed by atoms with Crippen LogP contribution in [-0.2, 0) is 0 Å². The molecule has 0 fully saturated rings. The van der Waals surface area contributed by atoms with Crippen molar-refractivity contribution in [1.29, 1.82) is 0 Å². The Morgan fingerprint density at radius 2 is 1.90 bits per heavy atom. The molecule has 0 spiro atoms. The Morgan fingerprint density at radius 1 is 1.40 bits per heavy atom. The number of nitrogens with two attached hydrogens (primary N) is 2. The van der Waals surface area contributed by atoms with E-state index in [0.717, 1.165) is 6.42 Å². The van der Waals surface area contributed by atoms with E-state index >= 15 is 0 Å². The highest BCUT2D eigenvalue weighted by Crippen LogP contribution is 2.11. The first-order valence-electron chi connectivity index (χ1n) is 2.84. The van der Waals surface area contributed by atoms with E-state index in [9.17, 15) is 0 Å². The summed E-state index contributed by atoms with van der Waals surface area (Å²) in [6, 6.07) is 0. The van der Waals surface area contributed by atoms with Crippen molar-refractivity contribution in [2.24, 2.45) is 11.5 Å². The molecule has 4 N–H and O–H groups in total. The summed E-state index contributed by atoms with van der Waals surface area (Å²) < 4.78 is 0. The number of hydrogen-bond acceptors (Lipinski definition) is 2. The Balaban J connectivity index is 4.27. The molecule has 4 heteroatoms. The Hall–Kier alpha value is -0.340. The fourth-order valence-electron chi connectivity index (χ4n) is 0.334. The van der Waals surface area contributed by atoms with Gasteiger partial charge in [0.2, 0.25) is 0 Å². The van der Waals surface area contributed by atoms with Gasteiger partial charge in [-0.05, 0) is 12.5 Å². The topological polar surface area (TPSA) is 52.0 Å². The smallest absolute Gasteiger partial charge is 0.118 e. The SMILES string of the molecule is CC/C(N)=C/C(Cl)=C(\N)Cl. The van der Waals surface area contributed by atoms with Crippen molar-refractivity contribution in [2.75, 3.05) is 0 Å². The van der Waals surface area contributed by atoms with Crippen LogP contribution in [0.4, 0.5) is 0 Å². The van der Waals surface area contributed by atoms with E-state index in [2.05, 4.69) is 0 Å². The van der Waals surface area contributed by atoms with Crippen molar-refractivity contribution in [2.45, 2.75) is 13.3 Å². The Kier molecular flexibility index (Phi) is 4.32. The van der Waals surface area contributed by atoms with Gasteiger partial charge in [-0.25, -0.2) is 0 Å². The van der Waals surface area contributed by atoms with Crippen LogP contribution in [0.25, 0.3) is 0 Å². The Morgan fingerprint density at radius 3 is 2.20 bits per heavy atom. The quantitative estimate of drug-likeness (QED) is 0.504. The molecule has 0 saturated heterocycles. The third-order valence-corrected chi connectivity index (χ3v) is 1.56. The van der Waals surface area contributed by atoms with Crippen molar-refractivity contribution >= 4 is 23.2 Å². The minimum Gasteiger partial charge on any atom is -0.402 e. The van der Waals surface area contributed by atoms with Crippen LogP contribution in [0.5, 0.6) is 0 Å². The average Bonchev–Trinajstić information content (AvgIpc) is 1.87. The predicted molar refractivity (Wildman–Crippen MR) is 45.5 cm³/mol. The minimum absolute atomic E-state index is 0.0677. The summed E-state index contributed by atoms with van der Waals surface area (Å²) in [5.74, 6) is 0. The Labute approximate surface area is 70.5 Å². The lowest BCUT2D eigenvalue weighted by atomic mass is 10.3. The first-order chi connectivity index (χ1) is 4.57. The molecule has 0 unspecified atom stereocenters. The highest BCUT2D eigenvalue weighted by molar-refractivity contribution is 6.39. The maximum Gasteiger partial charge on any atom is 0.118 e. The lowest BCUT2D eigenvalue weighted by Gasteiger charge is -1.94. The molecule has 0 rings (SSSR count). The first kappa shape index (κ1) is 9.66. The lowest BCUT2D eigenvalue weighted by molar-refractivity contribution is 1.07. The summed E-state index contributed by atoms with van der Waals surface area (Å²) in [5.41, 5.74) is 11.3. The van der Waals surface area contributed by atoms with Gasteiger partial charge >= 0.3 is 0 Å². The molecule has 58 valence electrons. The van der Waals surface area contributed by atoms with Crippen molar-refractivity contribution in [3.63, 3.8) is 0 Å². The van der Waals surface area contributed by atoms with Crippen molar-refractivity contribution < 1.29 is 0 Å². The van der Waals surface area contributed by atoms with Gasteiger partial charge < -0.3 is 11.5 Å². The van der Waals surface area contributed by atoms with Gasteiger partial charge in [-0.3, -0.25) is 0 Å². The molecule has 0 aromatic carbocycles. The van der Waals surface area contributed by atoms with Crippen LogP contribution in [0.2, 0.25) is 0 Å². The van der Waals surface area contributed by atoms with Crippen LogP contribution >= 0.6 is 23.2 Å². The predicted octanol–water partition coefficient (Wildman–Crippen LogP) is 1.84. The van der Waals surface area contributed by atoms with Crippen LogP contribution in [-0.4, -0.2) is 0 Å². The molecule has 0 saturated carbocycles. The summed E-state index contributed by atoms with van der Waals surface area (Å²) in [6.45, 7) is 1.92. The van der Waals surface area contributed by atoms with Crippen LogP contribution < -0.4 is 11.5 Å². The Bertz CT molecular complexity index is 169. The number of allylic oxidation sites excluding steroid dienone is 3. The van der Waals surface area contributed by atoms with Crippen LogP contribution in [0, 0.1) is 0 Å². The maximum absolute atomic E-state index is 5.56. The van der Waals surface area contributed by atoms with E-state index in [1.54, 1.807) is 6.08 Å². The zero-order chi connectivity index (χ0) is 8.15. The van der Waals surface area contributed by atoms with Crippen LogP contribution in [0.3, 0.4) is 0 Å². The van der Waals surface area contributed by atoms with Gasteiger partial charge in [0, 0.05) is 5.70 Å². The lowest BCUT2D eigenvalue weighted by Crippen LogP contribution is -1.96. The number of halogens is 2. The van der Waals surface area contributed by atoms with Crippen molar-refractivity contribution in [3.8, 4) is 0 Å².